The molecule has 2 aromatic heterocycles. The number of thiophene rings is 1. The summed E-state index contributed by atoms with van der Waals surface area (Å²) in [5, 5.41) is 12.1. The van der Waals surface area contributed by atoms with Gasteiger partial charge in [0, 0.05) is 19.2 Å². The summed E-state index contributed by atoms with van der Waals surface area (Å²) in [7, 11) is 0. The van der Waals surface area contributed by atoms with E-state index >= 15 is 0 Å². The van der Waals surface area contributed by atoms with E-state index < -0.39 is 0 Å². The summed E-state index contributed by atoms with van der Waals surface area (Å²) in [6.45, 7) is 5.76. The molecule has 0 aliphatic heterocycles. The molecule has 5 nitrogen and oxygen atoms in total. The predicted molar refractivity (Wildman–Crippen MR) is 79.6 cm³/mol. The van der Waals surface area contributed by atoms with Crippen molar-refractivity contribution in [2.45, 2.75) is 20.5 Å². The first-order valence-electron chi connectivity index (χ1n) is 6.46. The molecule has 0 saturated carbocycles. The second-order valence-electron chi connectivity index (χ2n) is 4.00. The van der Waals surface area contributed by atoms with Crippen LogP contribution in [0.1, 0.15) is 24.5 Å². The van der Waals surface area contributed by atoms with Gasteiger partial charge in [0.2, 0.25) is 0 Å². The monoisotopic (exact) mass is 288 g/mol. The first kappa shape index (κ1) is 14.4. The molecule has 1 N–H and O–H groups in total. The number of anilines is 1. The smallest absolute Gasteiger partial charge is 0.157 e. The number of nitrogens with one attached hydrogen (secondary N) is 1. The van der Waals surface area contributed by atoms with Crippen LogP contribution < -0.4 is 5.32 Å². The lowest BCUT2D eigenvalue weighted by molar-refractivity contribution is 0.128. The molecule has 6 heteroatoms. The second-order valence-corrected chi connectivity index (χ2v) is 5.08. The Labute approximate surface area is 122 Å². The maximum Gasteiger partial charge on any atom is 0.157 e. The first-order valence-corrected chi connectivity index (χ1v) is 7.28. The Bertz CT molecular complexity index is 618. The normalized spacial score (nSPS) is 10.2. The Morgan fingerprint density at radius 2 is 2.20 bits per heavy atom. The molecule has 0 bridgehead atoms. The fourth-order valence-corrected chi connectivity index (χ4v) is 2.45. The number of ether oxygens (including phenoxy) is 1. The highest BCUT2D eigenvalue weighted by atomic mass is 32.1. The zero-order valence-electron chi connectivity index (χ0n) is 11.5. The number of hydrogen-bond acceptors (Lipinski definition) is 6. The van der Waals surface area contributed by atoms with Crippen LogP contribution in [0.5, 0.6) is 0 Å². The summed E-state index contributed by atoms with van der Waals surface area (Å²) in [6, 6.07) is 7.75. The summed E-state index contributed by atoms with van der Waals surface area (Å²) < 4.78 is 5.37. The van der Waals surface area contributed by atoms with Crippen molar-refractivity contribution in [3.63, 3.8) is 0 Å². The minimum absolute atomic E-state index is 0.388. The van der Waals surface area contributed by atoms with E-state index in [4.69, 9.17) is 10.00 Å². The van der Waals surface area contributed by atoms with E-state index in [2.05, 4.69) is 21.4 Å². The van der Waals surface area contributed by atoms with E-state index in [9.17, 15) is 0 Å². The van der Waals surface area contributed by atoms with Crippen LogP contribution in [0.15, 0.2) is 18.2 Å². The number of rotatable bonds is 6. The highest BCUT2D eigenvalue weighted by Gasteiger charge is 2.09. The molecular formula is C14H16N4OS. The van der Waals surface area contributed by atoms with Gasteiger partial charge in [0.25, 0.3) is 0 Å². The third-order valence-corrected chi connectivity index (χ3v) is 3.55. The van der Waals surface area contributed by atoms with Gasteiger partial charge >= 0.3 is 0 Å². The minimum atomic E-state index is 0.388. The summed E-state index contributed by atoms with van der Waals surface area (Å²) in [4.78, 5) is 10.5. The van der Waals surface area contributed by atoms with Gasteiger partial charge in [0.05, 0.1) is 10.6 Å². The zero-order chi connectivity index (χ0) is 14.4. The molecule has 0 unspecified atom stereocenters. The quantitative estimate of drug-likeness (QED) is 0.884. The molecule has 0 amide bonds. The number of nitriles is 1. The SMILES string of the molecule is CCNc1cc(-c2ccc(C#N)s2)nc(COCC)n1. The molecule has 0 atom stereocenters. The van der Waals surface area contributed by atoms with Crippen LogP contribution in [-0.2, 0) is 11.3 Å². The largest absolute Gasteiger partial charge is 0.374 e. The van der Waals surface area contributed by atoms with Crippen molar-refractivity contribution in [2.75, 3.05) is 18.5 Å². The van der Waals surface area contributed by atoms with Gasteiger partial charge in [-0.1, -0.05) is 0 Å². The van der Waals surface area contributed by atoms with Crippen LogP contribution in [0.3, 0.4) is 0 Å². The molecule has 2 heterocycles. The number of hydrogen-bond donors (Lipinski definition) is 1. The van der Waals surface area contributed by atoms with E-state index in [-0.39, 0.29) is 0 Å². The fraction of sp³-hybridized carbons (Fsp3) is 0.357. The predicted octanol–water partition coefficient (Wildman–Crippen LogP) is 3.05. The Morgan fingerprint density at radius 1 is 1.35 bits per heavy atom. The van der Waals surface area contributed by atoms with E-state index in [0.29, 0.717) is 23.9 Å². The Kier molecular flexibility index (Phi) is 5.04. The van der Waals surface area contributed by atoms with Crippen LogP contribution in [0.25, 0.3) is 10.6 Å². The van der Waals surface area contributed by atoms with Crippen LogP contribution in [0, 0.1) is 11.3 Å². The van der Waals surface area contributed by atoms with Crippen molar-refractivity contribution in [3.8, 4) is 16.6 Å². The standard InChI is InChI=1S/C14H16N4OS/c1-3-16-13-7-11(12-6-5-10(8-15)20-12)17-14(18-13)9-19-4-2/h5-7H,3-4,9H2,1-2H3,(H,16,17,18). The third kappa shape index (κ3) is 3.53. The van der Waals surface area contributed by atoms with Crippen molar-refractivity contribution >= 4 is 17.2 Å². The van der Waals surface area contributed by atoms with Gasteiger partial charge in [-0.2, -0.15) is 5.26 Å². The lowest BCUT2D eigenvalue weighted by atomic mass is 10.3. The second kappa shape index (κ2) is 6.98. The molecule has 0 aliphatic carbocycles. The minimum Gasteiger partial charge on any atom is -0.374 e. The zero-order valence-corrected chi connectivity index (χ0v) is 12.3. The van der Waals surface area contributed by atoms with Crippen LogP contribution in [0.4, 0.5) is 5.82 Å². The Hall–Kier alpha value is -1.97. The molecule has 0 spiro atoms. The van der Waals surface area contributed by atoms with Crippen molar-refractivity contribution in [2.24, 2.45) is 0 Å². The lowest BCUT2D eigenvalue weighted by Gasteiger charge is -2.08. The van der Waals surface area contributed by atoms with E-state index in [1.165, 1.54) is 11.3 Å². The highest BCUT2D eigenvalue weighted by molar-refractivity contribution is 7.15. The van der Waals surface area contributed by atoms with Gasteiger partial charge in [-0.3, -0.25) is 0 Å². The molecule has 0 fully saturated rings. The van der Waals surface area contributed by atoms with Crippen molar-refractivity contribution in [3.05, 3.63) is 28.9 Å². The number of nitrogens with zero attached hydrogens (tertiary/aromatic N) is 3. The van der Waals surface area contributed by atoms with E-state index in [1.54, 1.807) is 6.07 Å². The average molecular weight is 288 g/mol. The molecule has 0 aliphatic rings. The topological polar surface area (TPSA) is 70.8 Å². The van der Waals surface area contributed by atoms with Crippen molar-refractivity contribution in [1.82, 2.24) is 9.97 Å². The fourth-order valence-electron chi connectivity index (χ4n) is 1.69. The van der Waals surface area contributed by atoms with Gasteiger partial charge in [-0.25, -0.2) is 9.97 Å². The molecule has 0 saturated heterocycles. The summed E-state index contributed by atoms with van der Waals surface area (Å²) in [6.07, 6.45) is 0. The van der Waals surface area contributed by atoms with Crippen LogP contribution in [0.2, 0.25) is 0 Å². The van der Waals surface area contributed by atoms with Gasteiger partial charge in [0.1, 0.15) is 23.4 Å². The third-order valence-electron chi connectivity index (χ3n) is 2.53. The molecule has 104 valence electrons. The molecular weight excluding hydrogens is 272 g/mol. The summed E-state index contributed by atoms with van der Waals surface area (Å²) in [5.41, 5.74) is 0.817. The molecule has 20 heavy (non-hydrogen) atoms. The van der Waals surface area contributed by atoms with Gasteiger partial charge < -0.3 is 10.1 Å². The van der Waals surface area contributed by atoms with Crippen molar-refractivity contribution in [1.29, 1.82) is 5.26 Å². The number of aromatic nitrogens is 2. The maximum absolute atomic E-state index is 8.90. The summed E-state index contributed by atoms with van der Waals surface area (Å²) in [5.74, 6) is 1.42. The first-order chi connectivity index (χ1) is 9.76. The lowest BCUT2D eigenvalue weighted by Crippen LogP contribution is -2.05. The van der Waals surface area contributed by atoms with E-state index in [0.717, 1.165) is 22.9 Å². The molecule has 0 radical (unpaired) electrons. The van der Waals surface area contributed by atoms with Crippen LogP contribution >= 0.6 is 11.3 Å². The average Bonchev–Trinajstić information content (AvgIpc) is 2.94. The highest BCUT2D eigenvalue weighted by Crippen LogP contribution is 2.27. The molecule has 2 rings (SSSR count). The maximum atomic E-state index is 8.90. The molecule has 2 aromatic rings. The van der Waals surface area contributed by atoms with Crippen LogP contribution in [-0.4, -0.2) is 23.1 Å². The molecule has 0 aromatic carbocycles. The van der Waals surface area contributed by atoms with Gasteiger partial charge in [0.15, 0.2) is 5.82 Å². The van der Waals surface area contributed by atoms with Gasteiger partial charge in [-0.15, -0.1) is 11.3 Å². The Balaban J connectivity index is 2.35. The van der Waals surface area contributed by atoms with Gasteiger partial charge in [-0.05, 0) is 26.0 Å². The Morgan fingerprint density at radius 3 is 2.85 bits per heavy atom. The van der Waals surface area contributed by atoms with Crippen molar-refractivity contribution < 1.29 is 4.74 Å². The summed E-state index contributed by atoms with van der Waals surface area (Å²) >= 11 is 1.43. The van der Waals surface area contributed by atoms with E-state index in [1.807, 2.05) is 26.0 Å².